The molecule has 0 atom stereocenters. The van der Waals surface area contributed by atoms with E-state index in [0.717, 1.165) is 66.9 Å². The van der Waals surface area contributed by atoms with E-state index in [2.05, 4.69) is 254 Å². The highest BCUT2D eigenvalue weighted by molar-refractivity contribution is 6.19. The zero-order valence-corrected chi connectivity index (χ0v) is 36.7. The van der Waals surface area contributed by atoms with Crippen LogP contribution >= 0.6 is 0 Å². The topological polar surface area (TPSA) is 21.3 Å². The van der Waals surface area contributed by atoms with Crippen LogP contribution in [-0.2, 0) is 5.41 Å². The van der Waals surface area contributed by atoms with Crippen LogP contribution in [0.2, 0.25) is 0 Å². The number of para-hydroxylation sites is 2. The molecule has 312 valence electrons. The third-order valence-electron chi connectivity index (χ3n) is 14.0. The first-order valence-corrected chi connectivity index (χ1v) is 22.8. The van der Waals surface area contributed by atoms with E-state index in [1.807, 2.05) is 0 Å². The summed E-state index contributed by atoms with van der Waals surface area (Å²) in [4.78, 5) is 2.52. The highest BCUT2D eigenvalue weighted by Crippen LogP contribution is 2.56. The summed E-state index contributed by atoms with van der Waals surface area (Å²) in [5, 5.41) is 4.60. The molecule has 3 nitrogen and oxygen atoms in total. The van der Waals surface area contributed by atoms with Crippen molar-refractivity contribution in [2.75, 3.05) is 4.90 Å². The van der Waals surface area contributed by atoms with Crippen molar-refractivity contribution >= 4 is 60.8 Å². The van der Waals surface area contributed by atoms with E-state index in [1.54, 1.807) is 0 Å². The van der Waals surface area contributed by atoms with E-state index in [1.165, 1.54) is 55.2 Å². The molecule has 10 aromatic carbocycles. The van der Waals surface area contributed by atoms with E-state index in [9.17, 15) is 0 Å². The van der Waals surface area contributed by atoms with Gasteiger partial charge in [-0.05, 0) is 117 Å². The predicted octanol–water partition coefficient (Wildman–Crippen LogP) is 17.5. The van der Waals surface area contributed by atoms with Crippen LogP contribution in [0.1, 0.15) is 25.0 Å². The van der Waals surface area contributed by atoms with Gasteiger partial charge in [0.2, 0.25) is 0 Å². The Morgan fingerprint density at radius 1 is 0.409 bits per heavy atom. The molecule has 0 unspecified atom stereocenters. The molecule has 0 fully saturated rings. The lowest BCUT2D eigenvalue weighted by Gasteiger charge is -2.31. The van der Waals surface area contributed by atoms with Gasteiger partial charge in [-0.25, -0.2) is 0 Å². The molecule has 0 radical (unpaired) electrons. The summed E-state index contributed by atoms with van der Waals surface area (Å²) in [6.45, 7) is 4.72. The maximum Gasteiger partial charge on any atom is 0.137 e. The quantitative estimate of drug-likeness (QED) is 0.159. The number of hydrogen-bond donors (Lipinski definition) is 0. The summed E-state index contributed by atoms with van der Waals surface area (Å²) in [5.41, 5.74) is 20.5. The molecule has 13 rings (SSSR count). The van der Waals surface area contributed by atoms with Gasteiger partial charge in [-0.15, -0.1) is 0 Å². The van der Waals surface area contributed by atoms with Crippen molar-refractivity contribution in [1.82, 2.24) is 4.57 Å². The van der Waals surface area contributed by atoms with Crippen molar-refractivity contribution in [3.8, 4) is 50.2 Å². The van der Waals surface area contributed by atoms with Gasteiger partial charge in [0, 0.05) is 44.1 Å². The molecule has 0 aliphatic heterocycles. The van der Waals surface area contributed by atoms with Crippen LogP contribution in [0.5, 0.6) is 0 Å². The molecule has 12 aromatic rings. The average molecular weight is 845 g/mol. The molecular formula is C63H44N2O. The lowest BCUT2D eigenvalue weighted by molar-refractivity contribution is 0.660. The fourth-order valence-electron chi connectivity index (χ4n) is 10.9. The lowest BCUT2D eigenvalue weighted by atomic mass is 9.82. The van der Waals surface area contributed by atoms with E-state index in [4.69, 9.17) is 4.42 Å². The zero-order chi connectivity index (χ0) is 43.9. The second kappa shape index (κ2) is 14.8. The summed E-state index contributed by atoms with van der Waals surface area (Å²) >= 11 is 0. The first-order valence-electron chi connectivity index (χ1n) is 22.8. The smallest absolute Gasteiger partial charge is 0.137 e. The van der Waals surface area contributed by atoms with Gasteiger partial charge >= 0.3 is 0 Å². The fraction of sp³-hybridized carbons (Fsp3) is 0.0476. The van der Waals surface area contributed by atoms with Crippen LogP contribution in [-0.4, -0.2) is 4.57 Å². The maximum absolute atomic E-state index is 6.91. The Hall–Kier alpha value is -8.40. The largest absolute Gasteiger partial charge is 0.456 e. The van der Waals surface area contributed by atoms with Gasteiger partial charge in [0.15, 0.2) is 0 Å². The van der Waals surface area contributed by atoms with Crippen molar-refractivity contribution in [1.29, 1.82) is 0 Å². The number of benzene rings is 10. The van der Waals surface area contributed by atoms with Crippen LogP contribution in [0.3, 0.4) is 0 Å². The first kappa shape index (κ1) is 38.1. The molecule has 0 saturated heterocycles. The minimum atomic E-state index is -0.176. The van der Waals surface area contributed by atoms with Crippen molar-refractivity contribution in [3.63, 3.8) is 0 Å². The van der Waals surface area contributed by atoms with Crippen LogP contribution in [0.4, 0.5) is 17.1 Å². The van der Waals surface area contributed by atoms with Gasteiger partial charge in [0.25, 0.3) is 0 Å². The normalized spacial score (nSPS) is 12.8. The summed E-state index contributed by atoms with van der Waals surface area (Å²) in [6, 6.07) is 83.8. The highest BCUT2D eigenvalue weighted by atomic mass is 16.3. The van der Waals surface area contributed by atoms with Crippen molar-refractivity contribution in [2.24, 2.45) is 0 Å². The van der Waals surface area contributed by atoms with Crippen LogP contribution in [0.15, 0.2) is 235 Å². The molecule has 2 heterocycles. The highest BCUT2D eigenvalue weighted by Gasteiger charge is 2.38. The van der Waals surface area contributed by atoms with Gasteiger partial charge in [-0.1, -0.05) is 172 Å². The molecule has 0 amide bonds. The van der Waals surface area contributed by atoms with Crippen molar-refractivity contribution < 1.29 is 4.42 Å². The molecule has 0 bridgehead atoms. The van der Waals surface area contributed by atoms with Crippen molar-refractivity contribution in [2.45, 2.75) is 19.3 Å². The number of aromatic nitrogens is 1. The zero-order valence-electron chi connectivity index (χ0n) is 36.7. The van der Waals surface area contributed by atoms with E-state index >= 15 is 0 Å². The number of hydrogen-bond acceptors (Lipinski definition) is 2. The van der Waals surface area contributed by atoms with Gasteiger partial charge in [-0.2, -0.15) is 0 Å². The van der Waals surface area contributed by atoms with Crippen molar-refractivity contribution in [3.05, 3.63) is 242 Å². The molecule has 0 spiro atoms. The Bertz CT molecular complexity index is 3820. The number of anilines is 3. The maximum atomic E-state index is 6.91. The minimum absolute atomic E-state index is 0.176. The third kappa shape index (κ3) is 5.83. The Morgan fingerprint density at radius 2 is 1.00 bits per heavy atom. The average Bonchev–Trinajstić information content (AvgIpc) is 4.00. The molecule has 0 saturated carbocycles. The van der Waals surface area contributed by atoms with E-state index < -0.39 is 0 Å². The summed E-state index contributed by atoms with van der Waals surface area (Å²) in [5.74, 6) is 0. The van der Waals surface area contributed by atoms with Gasteiger partial charge in [0.1, 0.15) is 11.2 Å². The number of rotatable bonds is 7. The van der Waals surface area contributed by atoms with Crippen LogP contribution in [0.25, 0.3) is 93.9 Å². The van der Waals surface area contributed by atoms with E-state index in [-0.39, 0.29) is 5.41 Å². The standard InChI is InChI=1S/C63H44N2O/c1-63(2)53-25-14-12-24-50(53)60-54(63)26-16-28-57(60)65(47-33-29-42(30-34-47)41-17-6-3-7-18-41)62-48(43-19-8-4-9-20-43)35-38-59-61(62)52-40-45(32-37-58(52)66-59)44-31-36-56-51(39-44)49-23-13-15-27-55(49)64(56)46-21-10-5-11-22-46/h3-40H,1-2H3. The Morgan fingerprint density at radius 3 is 1.79 bits per heavy atom. The lowest BCUT2D eigenvalue weighted by Crippen LogP contribution is -2.16. The molecule has 0 N–H and O–H groups in total. The Balaban J connectivity index is 1.09. The Kier molecular flexibility index (Phi) is 8.56. The Labute approximate surface area is 384 Å². The van der Waals surface area contributed by atoms with Gasteiger partial charge < -0.3 is 13.9 Å². The molecular weight excluding hydrogens is 801 g/mol. The predicted molar refractivity (Wildman–Crippen MR) is 277 cm³/mol. The van der Waals surface area contributed by atoms with Crippen LogP contribution in [0, 0.1) is 0 Å². The monoisotopic (exact) mass is 844 g/mol. The third-order valence-corrected chi connectivity index (χ3v) is 14.0. The number of furan rings is 1. The van der Waals surface area contributed by atoms with Crippen LogP contribution < -0.4 is 4.90 Å². The van der Waals surface area contributed by atoms with E-state index in [0.29, 0.717) is 0 Å². The summed E-state index contributed by atoms with van der Waals surface area (Å²) < 4.78 is 9.28. The first-order chi connectivity index (χ1) is 32.5. The summed E-state index contributed by atoms with van der Waals surface area (Å²) in [7, 11) is 0. The molecule has 66 heavy (non-hydrogen) atoms. The van der Waals surface area contributed by atoms with Gasteiger partial charge in [0.05, 0.1) is 27.8 Å². The molecule has 3 heteroatoms. The molecule has 2 aromatic heterocycles. The molecule has 1 aliphatic rings. The fourth-order valence-corrected chi connectivity index (χ4v) is 10.9. The SMILES string of the molecule is CC1(C)c2ccccc2-c2c(N(c3ccc(-c4ccccc4)cc3)c3c(-c4ccccc4)ccc4oc5ccc(-c6ccc7c(c6)c6ccccc6n7-c6ccccc6)cc5c34)cccc21. The molecule has 1 aliphatic carbocycles. The number of nitrogens with zero attached hydrogens (tertiary/aromatic N) is 2. The second-order valence-corrected chi connectivity index (χ2v) is 18.1. The van der Waals surface area contributed by atoms with Gasteiger partial charge in [-0.3, -0.25) is 0 Å². The summed E-state index contributed by atoms with van der Waals surface area (Å²) in [6.07, 6.45) is 0. The number of fused-ring (bicyclic) bond motifs is 9. The second-order valence-electron chi connectivity index (χ2n) is 18.1. The minimum Gasteiger partial charge on any atom is -0.456 e.